The quantitative estimate of drug-likeness (QED) is 0.785. The third kappa shape index (κ3) is 3.49. The number of halogens is 2. The first-order valence-electron chi connectivity index (χ1n) is 6.94. The average Bonchev–Trinajstić information content (AvgIpc) is 2.40. The number of Topliss-reactive ketones (excluding diaryl/α,β-unsaturated/α-hetero) is 1. The predicted octanol–water partition coefficient (Wildman–Crippen LogP) is 3.92. The van der Waals surface area contributed by atoms with Crippen molar-refractivity contribution in [2.24, 2.45) is 5.92 Å². The smallest absolute Gasteiger partial charge is 0.137 e. The second kappa shape index (κ2) is 6.93. The second-order valence-corrected chi connectivity index (χ2v) is 6.11. The Morgan fingerprint density at radius 1 is 1.28 bits per heavy atom. The number of nitrogens with zero attached hydrogens (tertiary/aromatic N) is 1. The Morgan fingerprint density at radius 3 is 2.78 bits per heavy atom. The molecule has 0 spiro atoms. The van der Waals surface area contributed by atoms with E-state index in [9.17, 15) is 4.79 Å². The highest BCUT2D eigenvalue weighted by Crippen LogP contribution is 2.32. The summed E-state index contributed by atoms with van der Waals surface area (Å²) < 4.78 is 0. The van der Waals surface area contributed by atoms with Crippen LogP contribution < -0.4 is 0 Å². The Morgan fingerprint density at radius 2 is 2.06 bits per heavy atom. The Balaban J connectivity index is 2.04. The molecule has 1 aliphatic carbocycles. The lowest BCUT2D eigenvalue weighted by molar-refractivity contribution is -0.127. The van der Waals surface area contributed by atoms with E-state index in [-0.39, 0.29) is 5.92 Å². The second-order valence-electron chi connectivity index (χ2n) is 5.41. The molecule has 1 saturated carbocycles. The van der Waals surface area contributed by atoms with Crippen LogP contribution in [0.15, 0.2) is 10.6 Å². The summed E-state index contributed by atoms with van der Waals surface area (Å²) in [6.07, 6.45) is 7.65. The zero-order chi connectivity index (χ0) is 13.0. The lowest BCUT2D eigenvalue weighted by atomic mass is 9.79. The van der Waals surface area contributed by atoms with Gasteiger partial charge in [0.1, 0.15) is 5.78 Å². The van der Waals surface area contributed by atoms with Gasteiger partial charge in [-0.2, -0.15) is 0 Å². The highest BCUT2D eigenvalue weighted by molar-refractivity contribution is 6.36. The number of carbonyl (C=O) groups is 1. The van der Waals surface area contributed by atoms with Crippen LogP contribution in [0.4, 0.5) is 0 Å². The number of hydrogen-bond donors (Lipinski definition) is 0. The molecule has 4 heteroatoms. The first-order chi connectivity index (χ1) is 8.72. The molecule has 0 aromatic rings. The first kappa shape index (κ1) is 14.4. The SMILES string of the molecule is O=C1CCCCC1C1CCCCN1CC(Cl)=CCl. The molecule has 0 N–H and O–H groups in total. The standard InChI is InChI=1S/C14H21Cl2NO/c15-9-11(16)10-17-8-4-3-6-13(17)12-5-1-2-7-14(12)18/h9,12-13H,1-8,10H2. The maximum Gasteiger partial charge on any atom is 0.137 e. The van der Waals surface area contributed by atoms with Crippen molar-refractivity contribution >= 4 is 29.0 Å². The predicted molar refractivity (Wildman–Crippen MR) is 76.0 cm³/mol. The highest BCUT2D eigenvalue weighted by Gasteiger charge is 2.35. The Labute approximate surface area is 119 Å². The van der Waals surface area contributed by atoms with Crippen LogP contribution in [0.3, 0.4) is 0 Å². The van der Waals surface area contributed by atoms with E-state index in [0.717, 1.165) is 32.2 Å². The van der Waals surface area contributed by atoms with Crippen molar-refractivity contribution < 1.29 is 4.79 Å². The van der Waals surface area contributed by atoms with Gasteiger partial charge in [-0.15, -0.1) is 0 Å². The number of piperidine rings is 1. The van der Waals surface area contributed by atoms with Gasteiger partial charge in [0, 0.05) is 35.5 Å². The summed E-state index contributed by atoms with van der Waals surface area (Å²) in [4.78, 5) is 14.5. The van der Waals surface area contributed by atoms with Gasteiger partial charge in [0.25, 0.3) is 0 Å². The maximum absolute atomic E-state index is 12.1. The van der Waals surface area contributed by atoms with Crippen LogP contribution in [0.1, 0.15) is 44.9 Å². The number of carbonyl (C=O) groups excluding carboxylic acids is 1. The topological polar surface area (TPSA) is 20.3 Å². The number of ketones is 1. The van der Waals surface area contributed by atoms with Crippen LogP contribution in [0, 0.1) is 5.92 Å². The van der Waals surface area contributed by atoms with Crippen molar-refractivity contribution in [1.82, 2.24) is 4.90 Å². The molecule has 0 bridgehead atoms. The molecule has 18 heavy (non-hydrogen) atoms. The van der Waals surface area contributed by atoms with Crippen molar-refractivity contribution in [1.29, 1.82) is 0 Å². The lowest BCUT2D eigenvalue weighted by Crippen LogP contribution is -2.47. The summed E-state index contributed by atoms with van der Waals surface area (Å²) in [7, 11) is 0. The molecule has 1 saturated heterocycles. The molecular formula is C14H21Cl2NO. The van der Waals surface area contributed by atoms with Gasteiger partial charge in [-0.25, -0.2) is 0 Å². The van der Waals surface area contributed by atoms with E-state index in [0.29, 0.717) is 23.4 Å². The molecule has 0 aromatic heterocycles. The molecule has 0 aromatic carbocycles. The number of hydrogen-bond acceptors (Lipinski definition) is 2. The van der Waals surface area contributed by atoms with Gasteiger partial charge in [-0.05, 0) is 32.2 Å². The highest BCUT2D eigenvalue weighted by atomic mass is 35.5. The van der Waals surface area contributed by atoms with Gasteiger partial charge in [0.05, 0.1) is 0 Å². The molecule has 2 fully saturated rings. The Kier molecular flexibility index (Phi) is 5.53. The molecule has 2 nitrogen and oxygen atoms in total. The van der Waals surface area contributed by atoms with E-state index >= 15 is 0 Å². The van der Waals surface area contributed by atoms with E-state index in [1.165, 1.54) is 24.8 Å². The third-order valence-corrected chi connectivity index (χ3v) is 4.81. The van der Waals surface area contributed by atoms with Crippen LogP contribution in [-0.2, 0) is 4.79 Å². The van der Waals surface area contributed by atoms with Crippen LogP contribution in [-0.4, -0.2) is 29.8 Å². The third-order valence-electron chi connectivity index (χ3n) is 4.20. The fourth-order valence-corrected chi connectivity index (χ4v) is 3.54. The van der Waals surface area contributed by atoms with Gasteiger partial charge in [-0.3, -0.25) is 9.69 Å². The molecule has 0 radical (unpaired) electrons. The van der Waals surface area contributed by atoms with Gasteiger partial charge in [0.15, 0.2) is 0 Å². The summed E-state index contributed by atoms with van der Waals surface area (Å²) in [5, 5.41) is 0.673. The number of likely N-dealkylation sites (tertiary alicyclic amines) is 1. The molecular weight excluding hydrogens is 269 g/mol. The molecule has 1 aliphatic heterocycles. The summed E-state index contributed by atoms with van der Waals surface area (Å²) in [6.45, 7) is 1.73. The zero-order valence-electron chi connectivity index (χ0n) is 10.7. The van der Waals surface area contributed by atoms with E-state index in [1.807, 2.05) is 0 Å². The van der Waals surface area contributed by atoms with Crippen molar-refractivity contribution in [3.05, 3.63) is 10.6 Å². The van der Waals surface area contributed by atoms with E-state index in [2.05, 4.69) is 4.90 Å². The zero-order valence-corrected chi connectivity index (χ0v) is 12.2. The minimum Gasteiger partial charge on any atom is -0.299 e. The summed E-state index contributed by atoms with van der Waals surface area (Å²) >= 11 is 11.7. The van der Waals surface area contributed by atoms with Gasteiger partial charge in [0.2, 0.25) is 0 Å². The molecule has 2 atom stereocenters. The molecule has 1 heterocycles. The van der Waals surface area contributed by atoms with Crippen LogP contribution in [0.5, 0.6) is 0 Å². The van der Waals surface area contributed by atoms with E-state index in [1.54, 1.807) is 0 Å². The fraction of sp³-hybridized carbons (Fsp3) is 0.786. The minimum absolute atomic E-state index is 0.235. The van der Waals surface area contributed by atoms with Crippen LogP contribution in [0.25, 0.3) is 0 Å². The molecule has 102 valence electrons. The molecule has 2 rings (SSSR count). The van der Waals surface area contributed by atoms with Crippen LogP contribution in [0.2, 0.25) is 0 Å². The van der Waals surface area contributed by atoms with Crippen molar-refractivity contribution in [3.8, 4) is 0 Å². The van der Waals surface area contributed by atoms with Gasteiger partial charge >= 0.3 is 0 Å². The minimum atomic E-state index is 0.235. The van der Waals surface area contributed by atoms with E-state index in [4.69, 9.17) is 23.2 Å². The average molecular weight is 290 g/mol. The van der Waals surface area contributed by atoms with Crippen molar-refractivity contribution in [2.45, 2.75) is 51.0 Å². The molecule has 0 amide bonds. The normalized spacial score (nSPS) is 31.7. The Hall–Kier alpha value is -0.0500. The van der Waals surface area contributed by atoms with Crippen molar-refractivity contribution in [3.63, 3.8) is 0 Å². The first-order valence-corrected chi connectivity index (χ1v) is 7.75. The molecule has 2 aliphatic rings. The van der Waals surface area contributed by atoms with Crippen LogP contribution >= 0.6 is 23.2 Å². The monoisotopic (exact) mass is 289 g/mol. The summed E-state index contributed by atoms with van der Waals surface area (Å²) in [6, 6.07) is 0.386. The van der Waals surface area contributed by atoms with Gasteiger partial charge in [-0.1, -0.05) is 36.0 Å². The lowest BCUT2D eigenvalue weighted by Gasteiger charge is -2.41. The van der Waals surface area contributed by atoms with Gasteiger partial charge < -0.3 is 0 Å². The fourth-order valence-electron chi connectivity index (χ4n) is 3.31. The van der Waals surface area contributed by atoms with E-state index < -0.39 is 0 Å². The summed E-state index contributed by atoms with van der Waals surface area (Å²) in [5.41, 5.74) is 1.44. The Bertz CT molecular complexity index is 330. The summed E-state index contributed by atoms with van der Waals surface area (Å²) in [5.74, 6) is 0.697. The maximum atomic E-state index is 12.1. The van der Waals surface area contributed by atoms with Crippen molar-refractivity contribution in [2.75, 3.05) is 13.1 Å². The number of rotatable bonds is 3. The largest absolute Gasteiger partial charge is 0.299 e. The molecule has 2 unspecified atom stereocenters.